The van der Waals surface area contributed by atoms with E-state index in [-0.39, 0.29) is 11.0 Å². The van der Waals surface area contributed by atoms with Gasteiger partial charge in [-0.2, -0.15) is 0 Å². The molecule has 1 atom stereocenters. The molecule has 1 amide bonds. The van der Waals surface area contributed by atoms with Crippen molar-refractivity contribution < 1.29 is 23.4 Å². The van der Waals surface area contributed by atoms with E-state index in [1.165, 1.54) is 24.9 Å². The predicted octanol–water partition coefficient (Wildman–Crippen LogP) is 4.99. The molecule has 3 aromatic carbocycles. The Morgan fingerprint density at radius 1 is 0.974 bits per heavy atom. The van der Waals surface area contributed by atoms with Gasteiger partial charge in [0.15, 0.2) is 16.9 Å². The van der Waals surface area contributed by atoms with Crippen molar-refractivity contribution in [3.63, 3.8) is 0 Å². The monoisotopic (exact) mass is 545 g/mol. The van der Waals surface area contributed by atoms with Crippen molar-refractivity contribution in [3.8, 4) is 28.4 Å². The summed E-state index contributed by atoms with van der Waals surface area (Å²) in [6, 6.07) is 15.0. The number of ether oxygens (including phenoxy) is 3. The van der Waals surface area contributed by atoms with Crippen molar-refractivity contribution >= 4 is 28.6 Å². The number of rotatable bonds is 6. The van der Waals surface area contributed by atoms with E-state index in [0.29, 0.717) is 57.1 Å². The fraction of sp³-hybridized carbons (Fsp3) is 0.233. The summed E-state index contributed by atoms with van der Waals surface area (Å²) in [6.07, 6.45) is 2.83. The molecule has 0 saturated heterocycles. The third kappa shape index (κ3) is 4.74. The molecule has 1 N–H and O–H groups in total. The Labute approximate surface area is 228 Å². The Balaban J connectivity index is 1.68. The fourth-order valence-corrected chi connectivity index (χ4v) is 5.54. The van der Waals surface area contributed by atoms with Gasteiger partial charge in [-0.1, -0.05) is 24.3 Å². The zero-order valence-electron chi connectivity index (χ0n) is 22.0. The Hall–Kier alpha value is -4.24. The number of para-hydroxylation sites is 1. The highest BCUT2D eigenvalue weighted by Crippen LogP contribution is 2.50. The number of carbonyl (C=O) groups is 1. The molecule has 0 saturated carbocycles. The smallest absolute Gasteiger partial charge is 0.349 e. The van der Waals surface area contributed by atoms with E-state index in [9.17, 15) is 14.4 Å². The summed E-state index contributed by atoms with van der Waals surface area (Å²) < 4.78 is 22.4. The molecular formula is C30H27NO7S. The molecule has 5 rings (SSSR count). The van der Waals surface area contributed by atoms with Crippen LogP contribution in [0.15, 0.2) is 73.5 Å². The van der Waals surface area contributed by atoms with E-state index in [1.807, 2.05) is 18.4 Å². The van der Waals surface area contributed by atoms with Crippen LogP contribution in [0.5, 0.6) is 17.2 Å². The number of aryl methyl sites for hydroxylation is 1. The van der Waals surface area contributed by atoms with Crippen LogP contribution >= 0.6 is 11.8 Å². The predicted molar refractivity (Wildman–Crippen MR) is 151 cm³/mol. The molecule has 1 aromatic heterocycles. The summed E-state index contributed by atoms with van der Waals surface area (Å²) >= 11 is 1.34. The molecule has 39 heavy (non-hydrogen) atoms. The van der Waals surface area contributed by atoms with E-state index < -0.39 is 17.6 Å². The normalized spacial score (nSPS) is 14.1. The van der Waals surface area contributed by atoms with Gasteiger partial charge in [-0.15, -0.1) is 11.8 Å². The van der Waals surface area contributed by atoms with Crippen LogP contribution in [0, 0.1) is 0 Å². The van der Waals surface area contributed by atoms with E-state index in [2.05, 4.69) is 5.32 Å². The molecule has 0 unspecified atom stereocenters. The van der Waals surface area contributed by atoms with E-state index in [0.717, 1.165) is 11.1 Å². The lowest BCUT2D eigenvalue weighted by atomic mass is 9.95. The molecule has 0 spiro atoms. The van der Waals surface area contributed by atoms with Gasteiger partial charge >= 0.3 is 5.63 Å². The summed E-state index contributed by atoms with van der Waals surface area (Å²) in [5.74, 6) is 0.836. The second-order valence-electron chi connectivity index (χ2n) is 9.01. The number of amides is 1. The summed E-state index contributed by atoms with van der Waals surface area (Å²) in [5.41, 5.74) is 2.40. The first-order valence-corrected chi connectivity index (χ1v) is 13.5. The number of benzene rings is 2. The van der Waals surface area contributed by atoms with E-state index >= 15 is 0 Å². The second kappa shape index (κ2) is 10.9. The maximum Gasteiger partial charge on any atom is 0.349 e. The van der Waals surface area contributed by atoms with E-state index in [4.69, 9.17) is 18.6 Å². The standard InChI is InChI=1S/C30H27NO7S/c1-35-24-14-17-9-11-21(31-29(33)20-13-16-7-5-6-8-23(16)38-30(20)34)19-15-22(32)25(39-4)12-10-18(19)26(17)28(37-3)27(24)36-2/h5-8,10,12-15,21H,9,11H2,1-4H3,(H,31,33)/t21-/m0/s1. The van der Waals surface area contributed by atoms with Crippen molar-refractivity contribution in [2.24, 2.45) is 0 Å². The zero-order chi connectivity index (χ0) is 27.7. The van der Waals surface area contributed by atoms with E-state index in [1.54, 1.807) is 50.6 Å². The lowest BCUT2D eigenvalue weighted by molar-refractivity contribution is 0.0931. The summed E-state index contributed by atoms with van der Waals surface area (Å²) in [6.45, 7) is 0. The topological polar surface area (TPSA) is 104 Å². The minimum Gasteiger partial charge on any atom is -0.493 e. The average molecular weight is 546 g/mol. The van der Waals surface area contributed by atoms with Crippen LogP contribution in [0.1, 0.15) is 33.9 Å². The quantitative estimate of drug-likeness (QED) is 0.267. The van der Waals surface area contributed by atoms with Gasteiger partial charge < -0.3 is 23.9 Å². The molecule has 1 heterocycles. The van der Waals surface area contributed by atoms with Gasteiger partial charge in [-0.3, -0.25) is 9.59 Å². The maximum absolute atomic E-state index is 13.5. The molecule has 0 bridgehead atoms. The highest BCUT2D eigenvalue weighted by Gasteiger charge is 2.30. The van der Waals surface area contributed by atoms with Crippen LogP contribution in [0.25, 0.3) is 22.1 Å². The minimum atomic E-state index is -0.729. The molecule has 200 valence electrons. The van der Waals surface area contributed by atoms with Crippen LogP contribution in [0.4, 0.5) is 0 Å². The second-order valence-corrected chi connectivity index (χ2v) is 9.86. The van der Waals surface area contributed by atoms with Crippen LogP contribution < -0.4 is 30.6 Å². The van der Waals surface area contributed by atoms with Gasteiger partial charge in [0, 0.05) is 10.9 Å². The highest BCUT2D eigenvalue weighted by molar-refractivity contribution is 7.98. The first-order valence-electron chi connectivity index (χ1n) is 12.3. The number of nitrogens with one attached hydrogen (secondary N) is 1. The summed E-state index contributed by atoms with van der Waals surface area (Å²) in [7, 11) is 4.64. The average Bonchev–Trinajstić information content (AvgIpc) is 3.19. The van der Waals surface area contributed by atoms with Gasteiger partial charge in [0.2, 0.25) is 5.75 Å². The third-order valence-electron chi connectivity index (χ3n) is 6.91. The van der Waals surface area contributed by atoms with Crippen molar-refractivity contribution in [3.05, 3.63) is 91.9 Å². The van der Waals surface area contributed by atoms with Gasteiger partial charge in [0.05, 0.1) is 32.3 Å². The maximum atomic E-state index is 13.5. The van der Waals surface area contributed by atoms with Crippen LogP contribution in [0.3, 0.4) is 0 Å². The Morgan fingerprint density at radius 2 is 1.74 bits per heavy atom. The molecule has 4 aromatic rings. The van der Waals surface area contributed by atoms with Crippen LogP contribution in [-0.2, 0) is 6.42 Å². The molecule has 1 aliphatic rings. The van der Waals surface area contributed by atoms with Crippen LogP contribution in [-0.4, -0.2) is 33.5 Å². The first kappa shape index (κ1) is 26.4. The van der Waals surface area contributed by atoms with Crippen molar-refractivity contribution in [1.82, 2.24) is 5.32 Å². The Morgan fingerprint density at radius 3 is 2.46 bits per heavy atom. The Bertz CT molecular complexity index is 1710. The summed E-state index contributed by atoms with van der Waals surface area (Å²) in [5, 5.41) is 3.63. The molecule has 0 fully saturated rings. The zero-order valence-corrected chi connectivity index (χ0v) is 22.8. The number of carbonyl (C=O) groups excluding carboxylic acids is 1. The number of hydrogen-bond acceptors (Lipinski definition) is 8. The van der Waals surface area contributed by atoms with Crippen LogP contribution in [0.2, 0.25) is 0 Å². The molecule has 9 heteroatoms. The van der Waals surface area contributed by atoms with Crippen molar-refractivity contribution in [2.45, 2.75) is 23.8 Å². The Kier molecular flexibility index (Phi) is 7.34. The lowest BCUT2D eigenvalue weighted by Gasteiger charge is -2.20. The summed E-state index contributed by atoms with van der Waals surface area (Å²) in [4.78, 5) is 39.9. The van der Waals surface area contributed by atoms with Gasteiger partial charge in [-0.25, -0.2) is 4.79 Å². The largest absolute Gasteiger partial charge is 0.493 e. The molecule has 1 aliphatic carbocycles. The third-order valence-corrected chi connectivity index (χ3v) is 7.69. The first-order chi connectivity index (χ1) is 18.9. The molecule has 0 aliphatic heterocycles. The number of hydrogen-bond donors (Lipinski definition) is 1. The van der Waals surface area contributed by atoms with Crippen molar-refractivity contribution in [1.29, 1.82) is 0 Å². The number of thioether (sulfide) groups is 1. The number of methoxy groups -OCH3 is 3. The number of fused-ring (bicyclic) bond motifs is 4. The minimum absolute atomic E-state index is 0.106. The van der Waals surface area contributed by atoms with Gasteiger partial charge in [0.25, 0.3) is 5.91 Å². The lowest BCUT2D eigenvalue weighted by Crippen LogP contribution is -2.32. The van der Waals surface area contributed by atoms with Gasteiger partial charge in [-0.05, 0) is 66.1 Å². The molecule has 0 radical (unpaired) electrons. The molecular weight excluding hydrogens is 518 g/mol. The highest BCUT2D eigenvalue weighted by atomic mass is 32.2. The SMILES string of the molecule is COc1cc2c(c(OC)c1OC)-c1ccc(SC)c(=O)cc1[C@@H](NC(=O)c1cc3ccccc3oc1=O)CC2. The van der Waals surface area contributed by atoms with Gasteiger partial charge in [0.1, 0.15) is 11.1 Å². The fourth-order valence-electron chi connectivity index (χ4n) is 5.07. The van der Waals surface area contributed by atoms with Crippen molar-refractivity contribution in [2.75, 3.05) is 27.6 Å². The molecule has 8 nitrogen and oxygen atoms in total.